The van der Waals surface area contributed by atoms with Crippen molar-refractivity contribution in [3.63, 3.8) is 0 Å². The first-order valence-corrected chi connectivity index (χ1v) is 8.03. The summed E-state index contributed by atoms with van der Waals surface area (Å²) in [5.41, 5.74) is 7.53. The predicted molar refractivity (Wildman–Crippen MR) is 89.1 cm³/mol. The van der Waals surface area contributed by atoms with E-state index in [4.69, 9.17) is 5.73 Å². The number of benzene rings is 1. The molecule has 1 saturated carbocycles. The van der Waals surface area contributed by atoms with Crippen LogP contribution in [0.5, 0.6) is 0 Å². The zero-order valence-corrected chi connectivity index (χ0v) is 13.3. The molecule has 0 radical (unpaired) electrons. The smallest absolute Gasteiger partial charge is 0.261 e. The fourth-order valence-electron chi connectivity index (χ4n) is 2.73. The number of amides is 1. The van der Waals surface area contributed by atoms with Gasteiger partial charge in [-0.25, -0.2) is 4.98 Å². The van der Waals surface area contributed by atoms with E-state index in [1.807, 2.05) is 19.1 Å². The first kappa shape index (κ1) is 15.7. The Labute approximate surface area is 134 Å². The van der Waals surface area contributed by atoms with Crippen LogP contribution in [-0.4, -0.2) is 28.0 Å². The lowest BCUT2D eigenvalue weighted by Gasteiger charge is -2.12. The van der Waals surface area contributed by atoms with Crippen LogP contribution in [0, 0.1) is 12.8 Å². The molecular formula is C17H22N4O2. The molecule has 6 nitrogen and oxygen atoms in total. The number of carbonyl (C=O) groups is 1. The Morgan fingerprint density at radius 1 is 1.48 bits per heavy atom. The maximum Gasteiger partial charge on any atom is 0.261 e. The summed E-state index contributed by atoms with van der Waals surface area (Å²) in [5, 5.41) is 3.43. The minimum atomic E-state index is -0.110. The lowest BCUT2D eigenvalue weighted by Crippen LogP contribution is -2.39. The second-order valence-electron chi connectivity index (χ2n) is 6.27. The lowest BCUT2D eigenvalue weighted by atomic mass is 10.1. The number of para-hydroxylation sites is 1. The van der Waals surface area contributed by atoms with E-state index in [2.05, 4.69) is 10.3 Å². The van der Waals surface area contributed by atoms with Gasteiger partial charge in [0, 0.05) is 25.6 Å². The van der Waals surface area contributed by atoms with Gasteiger partial charge in [0.25, 0.3) is 5.56 Å². The Morgan fingerprint density at radius 3 is 3.00 bits per heavy atom. The van der Waals surface area contributed by atoms with E-state index in [0.29, 0.717) is 29.9 Å². The highest BCUT2D eigenvalue weighted by Gasteiger charge is 2.28. The zero-order valence-electron chi connectivity index (χ0n) is 13.3. The molecule has 1 amide bonds. The zero-order chi connectivity index (χ0) is 16.4. The molecule has 0 aliphatic heterocycles. The van der Waals surface area contributed by atoms with E-state index in [1.165, 1.54) is 10.9 Å². The topological polar surface area (TPSA) is 90.0 Å². The summed E-state index contributed by atoms with van der Waals surface area (Å²) in [6.07, 6.45) is 4.08. The third-order valence-electron chi connectivity index (χ3n) is 4.40. The van der Waals surface area contributed by atoms with Crippen LogP contribution < -0.4 is 16.6 Å². The van der Waals surface area contributed by atoms with E-state index in [9.17, 15) is 9.59 Å². The van der Waals surface area contributed by atoms with Gasteiger partial charge in [0.1, 0.15) is 0 Å². The van der Waals surface area contributed by atoms with Gasteiger partial charge in [0.05, 0.1) is 17.2 Å². The van der Waals surface area contributed by atoms with Gasteiger partial charge < -0.3 is 11.1 Å². The van der Waals surface area contributed by atoms with E-state index in [0.717, 1.165) is 18.4 Å². The van der Waals surface area contributed by atoms with E-state index in [-0.39, 0.29) is 23.9 Å². The van der Waals surface area contributed by atoms with Crippen LogP contribution in [0.3, 0.4) is 0 Å². The molecular weight excluding hydrogens is 292 g/mol. The number of rotatable bonds is 6. The third-order valence-corrected chi connectivity index (χ3v) is 4.40. The number of carbonyl (C=O) groups excluding carboxylic acids is 1. The van der Waals surface area contributed by atoms with Crippen molar-refractivity contribution in [3.05, 3.63) is 40.4 Å². The summed E-state index contributed by atoms with van der Waals surface area (Å²) in [6.45, 7) is 2.75. The average molecular weight is 314 g/mol. The molecule has 1 aliphatic carbocycles. The number of nitrogens with zero attached hydrogens (tertiary/aromatic N) is 2. The molecule has 0 saturated heterocycles. The molecule has 1 atom stereocenters. The summed E-state index contributed by atoms with van der Waals surface area (Å²) in [4.78, 5) is 28.7. The molecule has 0 spiro atoms. The molecule has 23 heavy (non-hydrogen) atoms. The Bertz CT molecular complexity index is 780. The second kappa shape index (κ2) is 6.50. The van der Waals surface area contributed by atoms with Crippen LogP contribution in [0.25, 0.3) is 10.9 Å². The van der Waals surface area contributed by atoms with E-state index in [1.54, 1.807) is 6.07 Å². The number of nitrogens with one attached hydrogen (secondary N) is 1. The van der Waals surface area contributed by atoms with Crippen molar-refractivity contribution in [2.24, 2.45) is 11.7 Å². The standard InChI is InChI=1S/C17H22N4O2/c1-11-3-2-4-13-16(11)20-10-21(17(13)23)8-7-15(22)19-9-14(18)12-5-6-12/h2-4,10,12,14H,5-9,18H2,1H3,(H,19,22). The number of aromatic nitrogens is 2. The summed E-state index contributed by atoms with van der Waals surface area (Å²) in [7, 11) is 0. The number of nitrogens with two attached hydrogens (primary N) is 1. The van der Waals surface area contributed by atoms with Crippen LogP contribution in [0.4, 0.5) is 0 Å². The van der Waals surface area contributed by atoms with Gasteiger partial charge in [-0.05, 0) is 37.3 Å². The number of hydrogen-bond acceptors (Lipinski definition) is 4. The van der Waals surface area contributed by atoms with Crippen molar-refractivity contribution in [2.45, 2.75) is 38.8 Å². The SMILES string of the molecule is Cc1cccc2c(=O)n(CCC(=O)NCC(N)C3CC3)cnc12. The maximum absolute atomic E-state index is 12.4. The molecule has 3 N–H and O–H groups in total. The molecule has 1 aliphatic rings. The average Bonchev–Trinajstić information content (AvgIpc) is 3.37. The van der Waals surface area contributed by atoms with Crippen molar-refractivity contribution in [1.82, 2.24) is 14.9 Å². The fourth-order valence-corrected chi connectivity index (χ4v) is 2.73. The normalized spacial score (nSPS) is 15.6. The van der Waals surface area contributed by atoms with Crippen LogP contribution in [0.1, 0.15) is 24.8 Å². The first-order chi connectivity index (χ1) is 11.1. The van der Waals surface area contributed by atoms with Gasteiger partial charge in [0.2, 0.25) is 5.91 Å². The maximum atomic E-state index is 12.4. The van der Waals surface area contributed by atoms with Gasteiger partial charge in [-0.1, -0.05) is 12.1 Å². The number of fused-ring (bicyclic) bond motifs is 1. The Hall–Kier alpha value is -2.21. The predicted octanol–water partition coefficient (Wildman–Crippen LogP) is 0.949. The lowest BCUT2D eigenvalue weighted by molar-refractivity contribution is -0.121. The van der Waals surface area contributed by atoms with E-state index < -0.39 is 0 Å². The van der Waals surface area contributed by atoms with Gasteiger partial charge >= 0.3 is 0 Å². The highest BCUT2D eigenvalue weighted by atomic mass is 16.1. The second-order valence-corrected chi connectivity index (χ2v) is 6.27. The number of hydrogen-bond donors (Lipinski definition) is 2. The highest BCUT2D eigenvalue weighted by Crippen LogP contribution is 2.31. The molecule has 1 heterocycles. The van der Waals surface area contributed by atoms with E-state index >= 15 is 0 Å². The molecule has 6 heteroatoms. The highest BCUT2D eigenvalue weighted by molar-refractivity contribution is 5.80. The van der Waals surface area contributed by atoms with Gasteiger partial charge in [-0.15, -0.1) is 0 Å². The molecule has 2 aromatic rings. The minimum Gasteiger partial charge on any atom is -0.354 e. The molecule has 122 valence electrons. The molecule has 1 unspecified atom stereocenters. The van der Waals surface area contributed by atoms with Crippen LogP contribution in [-0.2, 0) is 11.3 Å². The van der Waals surface area contributed by atoms with Crippen molar-refractivity contribution < 1.29 is 4.79 Å². The van der Waals surface area contributed by atoms with Gasteiger partial charge in [0.15, 0.2) is 0 Å². The Balaban J connectivity index is 1.61. The monoisotopic (exact) mass is 314 g/mol. The van der Waals surface area contributed by atoms with Gasteiger partial charge in [-0.2, -0.15) is 0 Å². The molecule has 1 aromatic carbocycles. The fraction of sp³-hybridized carbons (Fsp3) is 0.471. The summed E-state index contributed by atoms with van der Waals surface area (Å²) in [5.74, 6) is 0.475. The van der Waals surface area contributed by atoms with Crippen molar-refractivity contribution in [2.75, 3.05) is 6.54 Å². The number of aryl methyl sites for hydroxylation is 2. The van der Waals surface area contributed by atoms with Crippen molar-refractivity contribution in [1.29, 1.82) is 0 Å². The summed E-state index contributed by atoms with van der Waals surface area (Å²) >= 11 is 0. The summed E-state index contributed by atoms with van der Waals surface area (Å²) < 4.78 is 1.49. The van der Waals surface area contributed by atoms with Crippen LogP contribution in [0.15, 0.2) is 29.3 Å². The van der Waals surface area contributed by atoms with Gasteiger partial charge in [-0.3, -0.25) is 14.2 Å². The molecule has 3 rings (SSSR count). The van der Waals surface area contributed by atoms with Crippen molar-refractivity contribution in [3.8, 4) is 0 Å². The Morgan fingerprint density at radius 2 is 2.26 bits per heavy atom. The van der Waals surface area contributed by atoms with Crippen LogP contribution >= 0.6 is 0 Å². The molecule has 0 bridgehead atoms. The first-order valence-electron chi connectivity index (χ1n) is 8.03. The molecule has 1 fully saturated rings. The quantitative estimate of drug-likeness (QED) is 0.830. The minimum absolute atomic E-state index is 0.0481. The third kappa shape index (κ3) is 3.59. The molecule has 1 aromatic heterocycles. The Kier molecular flexibility index (Phi) is 4.43. The largest absolute Gasteiger partial charge is 0.354 e. The van der Waals surface area contributed by atoms with Crippen LogP contribution in [0.2, 0.25) is 0 Å². The van der Waals surface area contributed by atoms with Crippen molar-refractivity contribution >= 4 is 16.8 Å². The summed E-state index contributed by atoms with van der Waals surface area (Å²) in [6, 6.07) is 5.59.